The summed E-state index contributed by atoms with van der Waals surface area (Å²) in [6.07, 6.45) is 3.12. The highest BCUT2D eigenvalue weighted by atomic mass is 28.4. The van der Waals surface area contributed by atoms with E-state index in [9.17, 15) is 0 Å². The molecule has 1 nitrogen and oxygen atoms in total. The average molecular weight is 269 g/mol. The molecule has 2 aromatic rings. The molecular weight excluding hydrogens is 248 g/mol. The van der Waals surface area contributed by atoms with Crippen molar-refractivity contribution in [2.24, 2.45) is 0 Å². The molecule has 1 unspecified atom stereocenters. The second kappa shape index (κ2) is 6.39. The van der Waals surface area contributed by atoms with Crippen LogP contribution in [0, 0.1) is 0 Å². The van der Waals surface area contributed by atoms with Crippen molar-refractivity contribution >= 4 is 13.5 Å². The topological polar surface area (TPSA) is 9.23 Å². The lowest BCUT2D eigenvalue weighted by atomic mass is 10.2. The lowest BCUT2D eigenvalue weighted by Crippen LogP contribution is -2.43. The summed E-state index contributed by atoms with van der Waals surface area (Å²) in [5, 5.41) is 1.26. The molecule has 0 radical (unpaired) electrons. The third-order valence-electron chi connectivity index (χ3n) is 3.00. The molecule has 0 heterocycles. The van der Waals surface area contributed by atoms with Crippen LogP contribution in [0.15, 0.2) is 73.0 Å². The predicted molar refractivity (Wildman–Crippen MR) is 83.9 cm³/mol. The van der Waals surface area contributed by atoms with E-state index in [0.717, 1.165) is 5.56 Å². The first-order valence-corrected chi connectivity index (χ1v) is 9.37. The maximum atomic E-state index is 8.07. The normalized spacial score (nSPS) is 14.1. The Hall–Kier alpha value is -1.80. The first kappa shape index (κ1) is 12.2. The van der Waals surface area contributed by atoms with Gasteiger partial charge in [0.25, 0.3) is 8.32 Å². The maximum Gasteiger partial charge on any atom is 0.276 e. The van der Waals surface area contributed by atoms with E-state index < -0.39 is 8.32 Å². The maximum absolute atomic E-state index is 8.07. The van der Waals surface area contributed by atoms with E-state index in [-0.39, 0.29) is 6.40 Å². The fourth-order valence-corrected chi connectivity index (χ4v) is 3.38. The Morgan fingerprint density at radius 3 is 2.21 bits per heavy atom. The molecule has 0 aliphatic rings. The fourth-order valence-electron chi connectivity index (χ4n) is 1.83. The first-order chi connectivity index (χ1) is 9.59. The number of benzene rings is 2. The number of rotatable bonds is 5. The van der Waals surface area contributed by atoms with Crippen LogP contribution in [0.25, 0.3) is 0 Å². The van der Waals surface area contributed by atoms with Crippen LogP contribution >= 0.6 is 0 Å². The smallest absolute Gasteiger partial charge is 0.276 e. The molecule has 0 fully saturated rings. The minimum Gasteiger partial charge on any atom is -0.545 e. The van der Waals surface area contributed by atoms with Crippen molar-refractivity contribution in [3.8, 4) is 0 Å². The molecule has 2 aromatic carbocycles. The van der Waals surface area contributed by atoms with Gasteiger partial charge in [0.1, 0.15) is 0 Å². The zero-order valence-electron chi connectivity index (χ0n) is 12.4. The lowest BCUT2D eigenvalue weighted by Gasteiger charge is -2.21. The highest BCUT2D eigenvalue weighted by Crippen LogP contribution is 2.07. The Balaban J connectivity index is 1.99. The third kappa shape index (κ3) is 4.11. The van der Waals surface area contributed by atoms with Crippen molar-refractivity contribution in [1.82, 2.24) is 0 Å². The van der Waals surface area contributed by atoms with Crippen LogP contribution in [0.1, 0.15) is 6.93 Å². The summed E-state index contributed by atoms with van der Waals surface area (Å²) < 4.78 is 14.0. The molecule has 2 heteroatoms. The van der Waals surface area contributed by atoms with Crippen molar-refractivity contribution in [2.75, 3.05) is 0 Å². The van der Waals surface area contributed by atoms with Gasteiger partial charge in [0.2, 0.25) is 0 Å². The van der Waals surface area contributed by atoms with Gasteiger partial charge in [-0.15, -0.1) is 0 Å². The molecule has 19 heavy (non-hydrogen) atoms. The van der Waals surface area contributed by atoms with Gasteiger partial charge < -0.3 is 4.43 Å². The molecule has 1 atom stereocenters. The molecular formula is C17H20OSi. The monoisotopic (exact) mass is 269 g/mol. The Bertz CT molecular complexity index is 552. The van der Waals surface area contributed by atoms with E-state index >= 15 is 0 Å². The largest absolute Gasteiger partial charge is 0.545 e. The molecule has 0 aromatic heterocycles. The SMILES string of the molecule is [2H]C(/C=C\O[Si](C)(C)c1ccccc1)c1ccccc1. The van der Waals surface area contributed by atoms with Gasteiger partial charge >= 0.3 is 0 Å². The van der Waals surface area contributed by atoms with Crippen LogP contribution in [0.4, 0.5) is 0 Å². The molecule has 0 amide bonds. The van der Waals surface area contributed by atoms with Gasteiger partial charge in [-0.05, 0) is 36.3 Å². The highest BCUT2D eigenvalue weighted by Gasteiger charge is 2.24. The van der Waals surface area contributed by atoms with E-state index in [1.54, 1.807) is 12.3 Å². The highest BCUT2D eigenvalue weighted by molar-refractivity contribution is 6.84. The zero-order chi connectivity index (χ0) is 14.4. The van der Waals surface area contributed by atoms with Crippen LogP contribution in [0.3, 0.4) is 0 Å². The van der Waals surface area contributed by atoms with Gasteiger partial charge in [0.05, 0.1) is 6.26 Å². The quantitative estimate of drug-likeness (QED) is 0.591. The minimum atomic E-state index is -1.92. The molecule has 0 N–H and O–H groups in total. The summed E-state index contributed by atoms with van der Waals surface area (Å²) in [5.41, 5.74) is 0.978. The zero-order valence-corrected chi connectivity index (χ0v) is 12.4. The van der Waals surface area contributed by atoms with E-state index in [2.05, 4.69) is 25.2 Å². The van der Waals surface area contributed by atoms with Gasteiger partial charge in [-0.1, -0.05) is 60.7 Å². The molecule has 0 saturated carbocycles. The Labute approximate surface area is 118 Å². The molecule has 0 saturated heterocycles. The van der Waals surface area contributed by atoms with Crippen molar-refractivity contribution in [3.63, 3.8) is 0 Å². The van der Waals surface area contributed by atoms with Crippen molar-refractivity contribution in [1.29, 1.82) is 0 Å². The van der Waals surface area contributed by atoms with Crippen LogP contribution in [-0.4, -0.2) is 8.32 Å². The second-order valence-corrected chi connectivity index (χ2v) is 8.73. The average Bonchev–Trinajstić information content (AvgIpc) is 2.49. The van der Waals surface area contributed by atoms with E-state index in [1.165, 1.54) is 5.19 Å². The van der Waals surface area contributed by atoms with Gasteiger partial charge in [-0.2, -0.15) is 0 Å². The van der Waals surface area contributed by atoms with Gasteiger partial charge in [0, 0.05) is 1.37 Å². The van der Waals surface area contributed by atoms with Crippen molar-refractivity contribution in [2.45, 2.75) is 19.5 Å². The first-order valence-electron chi connectivity index (χ1n) is 7.04. The van der Waals surface area contributed by atoms with Crippen LogP contribution in [-0.2, 0) is 10.8 Å². The lowest BCUT2D eigenvalue weighted by molar-refractivity contribution is 0.484. The molecule has 98 valence electrons. The summed E-state index contributed by atoms with van der Waals surface area (Å²) in [6, 6.07) is 20.1. The van der Waals surface area contributed by atoms with Crippen molar-refractivity contribution in [3.05, 3.63) is 78.6 Å². The van der Waals surface area contributed by atoms with E-state index in [0.29, 0.717) is 0 Å². The van der Waals surface area contributed by atoms with Gasteiger partial charge in [-0.3, -0.25) is 0 Å². The number of hydrogen-bond donors (Lipinski definition) is 0. The number of allylic oxidation sites excluding steroid dienone is 1. The Morgan fingerprint density at radius 1 is 1.00 bits per heavy atom. The minimum absolute atomic E-state index is 0.378. The van der Waals surface area contributed by atoms with Crippen LogP contribution in [0.2, 0.25) is 13.1 Å². The van der Waals surface area contributed by atoms with Crippen molar-refractivity contribution < 1.29 is 5.80 Å². The third-order valence-corrected chi connectivity index (χ3v) is 5.45. The van der Waals surface area contributed by atoms with Crippen LogP contribution in [0.5, 0.6) is 0 Å². The van der Waals surface area contributed by atoms with E-state index in [4.69, 9.17) is 5.80 Å². The fraction of sp³-hybridized carbons (Fsp3) is 0.176. The summed E-state index contributed by atoms with van der Waals surface area (Å²) in [6.45, 7) is 4.32. The predicted octanol–water partition coefficient (Wildman–Crippen LogP) is 3.87. The van der Waals surface area contributed by atoms with Gasteiger partial charge in [0.15, 0.2) is 0 Å². The Kier molecular flexibility index (Phi) is 4.12. The standard InChI is InChI=1S/C17H20OSi/c1-19(2,17-13-7-4-8-14-17)18-15-9-12-16-10-5-3-6-11-16/h3-11,13-15H,12H2,1-2H3/b15-9-/i12D. The summed E-state index contributed by atoms with van der Waals surface area (Å²) in [4.78, 5) is 0. The molecule has 0 aliphatic carbocycles. The van der Waals surface area contributed by atoms with Gasteiger partial charge in [-0.25, -0.2) is 0 Å². The van der Waals surface area contributed by atoms with Crippen LogP contribution < -0.4 is 5.19 Å². The number of hydrogen-bond acceptors (Lipinski definition) is 1. The summed E-state index contributed by atoms with van der Waals surface area (Å²) in [5.74, 6) is 0. The van der Waals surface area contributed by atoms with E-state index in [1.807, 2.05) is 48.5 Å². The molecule has 2 rings (SSSR count). The molecule has 0 spiro atoms. The second-order valence-electron chi connectivity index (χ2n) is 4.90. The summed E-state index contributed by atoms with van der Waals surface area (Å²) in [7, 11) is -1.92. The molecule has 0 bridgehead atoms. The Morgan fingerprint density at radius 2 is 1.58 bits per heavy atom. The summed E-state index contributed by atoms with van der Waals surface area (Å²) >= 11 is 0. The molecule has 0 aliphatic heterocycles.